The van der Waals surface area contributed by atoms with E-state index in [1.54, 1.807) is 0 Å². The van der Waals surface area contributed by atoms with Gasteiger partial charge in [-0.25, -0.2) is 4.98 Å². The first kappa shape index (κ1) is 16.8. The van der Waals surface area contributed by atoms with Gasteiger partial charge >= 0.3 is 0 Å². The quantitative estimate of drug-likeness (QED) is 0.579. The molecule has 1 aliphatic heterocycles. The normalized spacial score (nSPS) is 16.0. The minimum atomic E-state index is 0.790. The highest BCUT2D eigenvalue weighted by Gasteiger charge is 2.15. The average molecular weight is 347 g/mol. The van der Waals surface area contributed by atoms with Gasteiger partial charge in [-0.3, -0.25) is 4.40 Å². The third kappa shape index (κ3) is 3.21. The highest BCUT2D eigenvalue weighted by atomic mass is 15.2. The highest BCUT2D eigenvalue weighted by Crippen LogP contribution is 2.27. The average Bonchev–Trinajstić information content (AvgIpc) is 2.98. The first-order valence-corrected chi connectivity index (χ1v) is 9.33. The Morgan fingerprint density at radius 1 is 1.00 bits per heavy atom. The zero-order valence-electron chi connectivity index (χ0n) is 15.7. The minimum Gasteiger partial charge on any atom is -0.372 e. The van der Waals surface area contributed by atoms with E-state index in [0.29, 0.717) is 0 Å². The zero-order chi connectivity index (χ0) is 18.1. The number of piperidine rings is 1. The molecule has 0 spiro atoms. The minimum absolute atomic E-state index is 0.790. The Morgan fingerprint density at radius 3 is 2.46 bits per heavy atom. The molecule has 0 bridgehead atoms. The third-order valence-corrected chi connectivity index (χ3v) is 5.25. The summed E-state index contributed by atoms with van der Waals surface area (Å²) in [7, 11) is 0. The first-order chi connectivity index (χ1) is 12.6. The Hall–Kier alpha value is -2.69. The Labute approximate surface area is 154 Å². The van der Waals surface area contributed by atoms with Crippen LogP contribution in [-0.4, -0.2) is 22.5 Å². The number of aryl methyl sites for hydroxylation is 2. The lowest BCUT2D eigenvalue weighted by Crippen LogP contribution is -2.32. The highest BCUT2D eigenvalue weighted by molar-refractivity contribution is 5.57. The van der Waals surface area contributed by atoms with E-state index >= 15 is 0 Å². The smallest absolute Gasteiger partial charge is 0.182 e. The summed E-state index contributed by atoms with van der Waals surface area (Å²) in [6, 6.07) is 12.5. The number of hydrogen-bond acceptors (Lipinski definition) is 4. The molecule has 0 radical (unpaired) electrons. The summed E-state index contributed by atoms with van der Waals surface area (Å²) in [5, 5.41) is 8.90. The predicted octanol–water partition coefficient (Wildman–Crippen LogP) is 5.60. The van der Waals surface area contributed by atoms with Crippen molar-refractivity contribution in [3.63, 3.8) is 0 Å². The number of nitrogens with zero attached hydrogens (tertiary/aromatic N) is 5. The Morgan fingerprint density at radius 2 is 1.73 bits per heavy atom. The van der Waals surface area contributed by atoms with Crippen molar-refractivity contribution in [2.24, 2.45) is 16.1 Å². The molecule has 1 fully saturated rings. The number of rotatable bonds is 3. The van der Waals surface area contributed by atoms with E-state index in [4.69, 9.17) is 0 Å². The molecule has 5 heteroatoms. The molecule has 5 nitrogen and oxygen atoms in total. The molecule has 2 aromatic heterocycles. The van der Waals surface area contributed by atoms with Gasteiger partial charge in [-0.15, -0.1) is 10.2 Å². The van der Waals surface area contributed by atoms with Gasteiger partial charge in [0.25, 0.3) is 0 Å². The van der Waals surface area contributed by atoms with Gasteiger partial charge in [0.2, 0.25) is 0 Å². The Kier molecular flexibility index (Phi) is 4.45. The predicted molar refractivity (Wildman–Crippen MR) is 106 cm³/mol. The lowest BCUT2D eigenvalue weighted by atomic mass is 9.99. The molecule has 3 heterocycles. The monoisotopic (exact) mass is 347 g/mol. The largest absolute Gasteiger partial charge is 0.372 e. The second-order valence-corrected chi connectivity index (χ2v) is 7.29. The number of aromatic nitrogens is 2. The van der Waals surface area contributed by atoms with Gasteiger partial charge in [0.15, 0.2) is 5.82 Å². The van der Waals surface area contributed by atoms with E-state index in [1.807, 2.05) is 35.7 Å². The maximum atomic E-state index is 4.61. The fraction of sp³-hybridized carbons (Fsp3) is 0.381. The van der Waals surface area contributed by atoms with Crippen LogP contribution in [0.1, 0.15) is 31.0 Å². The van der Waals surface area contributed by atoms with Crippen molar-refractivity contribution >= 4 is 22.8 Å². The lowest BCUT2D eigenvalue weighted by molar-refractivity contribution is 0.438. The van der Waals surface area contributed by atoms with Gasteiger partial charge in [-0.05, 0) is 68.5 Å². The summed E-state index contributed by atoms with van der Waals surface area (Å²) in [6.45, 7) is 8.65. The summed E-state index contributed by atoms with van der Waals surface area (Å²) in [5.74, 6) is 1.63. The first-order valence-electron chi connectivity index (χ1n) is 9.33. The van der Waals surface area contributed by atoms with E-state index < -0.39 is 0 Å². The molecule has 0 N–H and O–H groups in total. The molecule has 26 heavy (non-hydrogen) atoms. The Bertz CT molecular complexity index is 931. The van der Waals surface area contributed by atoms with Crippen LogP contribution >= 0.6 is 0 Å². The topological polar surface area (TPSA) is 45.3 Å². The summed E-state index contributed by atoms with van der Waals surface area (Å²) in [4.78, 5) is 7.07. The van der Waals surface area contributed by atoms with Crippen LogP contribution < -0.4 is 4.90 Å². The van der Waals surface area contributed by atoms with Crippen molar-refractivity contribution in [1.82, 2.24) is 9.38 Å². The van der Waals surface area contributed by atoms with Gasteiger partial charge in [0.1, 0.15) is 5.65 Å². The number of azo groups is 1. The molecule has 0 unspecified atom stereocenters. The molecule has 134 valence electrons. The lowest BCUT2D eigenvalue weighted by Gasteiger charge is -2.32. The summed E-state index contributed by atoms with van der Waals surface area (Å²) in [5.41, 5.74) is 5.10. The van der Waals surface area contributed by atoms with Crippen LogP contribution in [0.2, 0.25) is 0 Å². The molecule has 1 saturated heterocycles. The second kappa shape index (κ2) is 6.90. The number of pyridine rings is 1. The van der Waals surface area contributed by atoms with Gasteiger partial charge in [-0.1, -0.05) is 13.0 Å². The van der Waals surface area contributed by atoms with Crippen LogP contribution in [0, 0.1) is 19.8 Å². The standard InChI is InChI=1S/C21H25N5/c1-15-10-13-25(14-11-15)19-8-6-18(7-9-19)23-24-21-17(3)22-20-16(2)5-4-12-26(20)21/h4-9,12,15H,10-11,13-14H2,1-3H3. The van der Waals surface area contributed by atoms with Crippen molar-refractivity contribution in [2.45, 2.75) is 33.6 Å². The van der Waals surface area contributed by atoms with Crippen LogP contribution in [-0.2, 0) is 0 Å². The molecular weight excluding hydrogens is 322 g/mol. The number of benzene rings is 1. The van der Waals surface area contributed by atoms with E-state index in [2.05, 4.69) is 52.2 Å². The van der Waals surface area contributed by atoms with Crippen LogP contribution in [0.25, 0.3) is 5.65 Å². The van der Waals surface area contributed by atoms with Crippen LogP contribution in [0.4, 0.5) is 17.2 Å². The molecule has 0 amide bonds. The van der Waals surface area contributed by atoms with Crippen LogP contribution in [0.5, 0.6) is 0 Å². The maximum absolute atomic E-state index is 4.61. The summed E-state index contributed by atoms with van der Waals surface area (Å²) < 4.78 is 2.00. The number of imidazole rings is 1. The van der Waals surface area contributed by atoms with E-state index in [0.717, 1.165) is 47.4 Å². The summed E-state index contributed by atoms with van der Waals surface area (Å²) >= 11 is 0. The molecular formula is C21H25N5. The SMILES string of the molecule is Cc1nc2c(C)cccn2c1N=Nc1ccc(N2CCC(C)CC2)cc1. The van der Waals surface area contributed by atoms with Crippen molar-refractivity contribution in [2.75, 3.05) is 18.0 Å². The van der Waals surface area contributed by atoms with E-state index in [-0.39, 0.29) is 0 Å². The van der Waals surface area contributed by atoms with E-state index in [9.17, 15) is 0 Å². The van der Waals surface area contributed by atoms with Gasteiger partial charge in [-0.2, -0.15) is 0 Å². The van der Waals surface area contributed by atoms with Gasteiger partial charge in [0.05, 0.1) is 11.4 Å². The molecule has 1 aromatic carbocycles. The molecule has 0 aliphatic carbocycles. The number of anilines is 1. The zero-order valence-corrected chi connectivity index (χ0v) is 15.7. The molecule has 3 aromatic rings. The Balaban J connectivity index is 1.54. The van der Waals surface area contributed by atoms with Crippen molar-refractivity contribution in [3.05, 3.63) is 53.9 Å². The fourth-order valence-corrected chi connectivity index (χ4v) is 3.53. The number of hydrogen-bond donors (Lipinski definition) is 0. The molecule has 4 rings (SSSR count). The van der Waals surface area contributed by atoms with Gasteiger partial charge in [0, 0.05) is 25.0 Å². The van der Waals surface area contributed by atoms with Crippen LogP contribution in [0.3, 0.4) is 0 Å². The second-order valence-electron chi connectivity index (χ2n) is 7.29. The molecule has 1 aliphatic rings. The van der Waals surface area contributed by atoms with E-state index in [1.165, 1.54) is 18.5 Å². The van der Waals surface area contributed by atoms with Crippen molar-refractivity contribution < 1.29 is 0 Å². The molecule has 0 saturated carbocycles. The number of fused-ring (bicyclic) bond motifs is 1. The third-order valence-electron chi connectivity index (χ3n) is 5.25. The van der Waals surface area contributed by atoms with Crippen LogP contribution in [0.15, 0.2) is 52.8 Å². The maximum Gasteiger partial charge on any atom is 0.182 e. The molecule has 0 atom stereocenters. The van der Waals surface area contributed by atoms with Gasteiger partial charge < -0.3 is 4.90 Å². The van der Waals surface area contributed by atoms with Crippen molar-refractivity contribution in [1.29, 1.82) is 0 Å². The summed E-state index contributed by atoms with van der Waals surface area (Å²) in [6.07, 6.45) is 4.53. The van der Waals surface area contributed by atoms with Crippen molar-refractivity contribution in [3.8, 4) is 0 Å². The fourth-order valence-electron chi connectivity index (χ4n) is 3.53.